The number of nitrogens with zero attached hydrogens (tertiary/aromatic N) is 2. The summed E-state index contributed by atoms with van der Waals surface area (Å²) >= 11 is 0. The van der Waals surface area contributed by atoms with E-state index in [1.54, 1.807) is 0 Å². The molecule has 0 amide bonds. The van der Waals surface area contributed by atoms with E-state index in [0.717, 1.165) is 46.7 Å². The molecule has 3 nitrogen and oxygen atoms in total. The number of hydrogen-bond acceptors (Lipinski definition) is 3. The lowest BCUT2D eigenvalue weighted by atomic mass is 9.84. The molecular formula is C48H34N2OSi. The highest BCUT2D eigenvalue weighted by Gasteiger charge is 2.41. The minimum absolute atomic E-state index is 0.738. The summed E-state index contributed by atoms with van der Waals surface area (Å²) in [6, 6.07) is 63.8. The fourth-order valence-electron chi connectivity index (χ4n) is 8.38. The molecule has 0 aliphatic heterocycles. The molecule has 0 fully saturated rings. The second-order valence-corrected chi connectivity index (χ2v) is 17.5. The molecular weight excluding hydrogens is 649 g/mol. The van der Waals surface area contributed by atoms with Gasteiger partial charge in [0.05, 0.1) is 5.69 Å². The first kappa shape index (κ1) is 30.5. The summed E-state index contributed by atoms with van der Waals surface area (Å²) in [5.74, 6) is 0.738. The van der Waals surface area contributed by atoms with E-state index in [1.165, 1.54) is 53.8 Å². The number of aromatic nitrogens is 2. The number of fused-ring (bicyclic) bond motifs is 6. The van der Waals surface area contributed by atoms with Gasteiger partial charge in [-0.3, -0.25) is 0 Å². The molecule has 0 unspecified atom stereocenters. The molecule has 10 rings (SSSR count). The van der Waals surface area contributed by atoms with Gasteiger partial charge in [0.25, 0.3) is 0 Å². The van der Waals surface area contributed by atoms with Crippen molar-refractivity contribution < 1.29 is 4.42 Å². The standard InChI is InChI=1S/C48H34N2OSi/c1-4-14-37(15-5-1)52(38-16-6-2-7-17-38,39-18-8-3-9-19-39)40-20-12-13-35(30-40)45-27-28-49-48(50-45)36-25-26-41-33(29-36)23-24-34-31-44-42-21-10-11-22-46(42)51-47(44)32-43(34)41/h1-22,25-32H,23-24H2. The Labute approximate surface area is 303 Å². The van der Waals surface area contributed by atoms with E-state index in [4.69, 9.17) is 14.4 Å². The molecule has 0 saturated heterocycles. The third kappa shape index (κ3) is 4.95. The molecule has 0 N–H and O–H groups in total. The van der Waals surface area contributed by atoms with Crippen molar-refractivity contribution in [2.75, 3.05) is 0 Å². The van der Waals surface area contributed by atoms with E-state index in [9.17, 15) is 0 Å². The molecule has 2 heterocycles. The van der Waals surface area contributed by atoms with Crippen molar-refractivity contribution in [3.05, 3.63) is 193 Å². The predicted molar refractivity (Wildman–Crippen MR) is 217 cm³/mol. The van der Waals surface area contributed by atoms with Crippen molar-refractivity contribution >= 4 is 50.8 Å². The minimum atomic E-state index is -2.66. The number of rotatable bonds is 6. The average Bonchev–Trinajstić information content (AvgIpc) is 3.59. The van der Waals surface area contributed by atoms with Gasteiger partial charge in [-0.05, 0) is 86.2 Å². The number of aryl methyl sites for hydroxylation is 2. The van der Waals surface area contributed by atoms with Gasteiger partial charge in [-0.1, -0.05) is 146 Å². The molecule has 0 bridgehead atoms. The topological polar surface area (TPSA) is 38.9 Å². The molecule has 9 aromatic rings. The maximum absolute atomic E-state index is 6.27. The summed E-state index contributed by atoms with van der Waals surface area (Å²) in [4.78, 5) is 9.99. The Kier molecular flexibility index (Phi) is 7.29. The average molecular weight is 683 g/mol. The molecule has 4 heteroatoms. The van der Waals surface area contributed by atoms with Crippen LogP contribution >= 0.6 is 0 Å². The molecule has 0 saturated carbocycles. The van der Waals surface area contributed by atoms with E-state index in [0.29, 0.717) is 0 Å². The van der Waals surface area contributed by atoms with Crippen LogP contribution < -0.4 is 20.7 Å². The van der Waals surface area contributed by atoms with Crippen molar-refractivity contribution in [2.45, 2.75) is 12.8 Å². The minimum Gasteiger partial charge on any atom is -0.456 e. The Hall–Kier alpha value is -6.36. The van der Waals surface area contributed by atoms with E-state index in [2.05, 4.69) is 158 Å². The Morgan fingerprint density at radius 1 is 0.442 bits per heavy atom. The first-order chi connectivity index (χ1) is 25.8. The van der Waals surface area contributed by atoms with Gasteiger partial charge >= 0.3 is 0 Å². The summed E-state index contributed by atoms with van der Waals surface area (Å²) in [7, 11) is -2.66. The SMILES string of the molecule is c1ccc([Si](c2ccccc2)(c2ccccc2)c2cccc(-c3ccnc(-c4ccc5c(c4)CCc4cc6c(cc4-5)oc4ccccc46)n3)c2)cc1. The Morgan fingerprint density at radius 3 is 1.79 bits per heavy atom. The highest BCUT2D eigenvalue weighted by molar-refractivity contribution is 7.19. The number of benzene rings is 7. The fourth-order valence-corrected chi connectivity index (χ4v) is 13.2. The zero-order valence-corrected chi connectivity index (χ0v) is 29.5. The molecule has 1 aliphatic carbocycles. The monoisotopic (exact) mass is 682 g/mol. The molecule has 7 aromatic carbocycles. The van der Waals surface area contributed by atoms with E-state index in [-0.39, 0.29) is 0 Å². The lowest BCUT2D eigenvalue weighted by Crippen LogP contribution is -2.74. The van der Waals surface area contributed by atoms with Gasteiger partial charge < -0.3 is 4.42 Å². The smallest absolute Gasteiger partial charge is 0.179 e. The first-order valence-electron chi connectivity index (χ1n) is 17.9. The van der Waals surface area contributed by atoms with Crippen molar-refractivity contribution in [2.24, 2.45) is 0 Å². The highest BCUT2D eigenvalue weighted by Crippen LogP contribution is 2.40. The second kappa shape index (κ2) is 12.4. The van der Waals surface area contributed by atoms with Crippen LogP contribution in [0.1, 0.15) is 11.1 Å². The Bertz CT molecular complexity index is 2640. The number of hydrogen-bond donors (Lipinski definition) is 0. The lowest BCUT2D eigenvalue weighted by molar-refractivity contribution is 0.669. The quantitative estimate of drug-likeness (QED) is 0.130. The summed E-state index contributed by atoms with van der Waals surface area (Å²) < 4.78 is 6.27. The van der Waals surface area contributed by atoms with Gasteiger partial charge in [-0.25, -0.2) is 9.97 Å². The van der Waals surface area contributed by atoms with Crippen LogP contribution in [0.3, 0.4) is 0 Å². The third-order valence-electron chi connectivity index (χ3n) is 10.8. The van der Waals surface area contributed by atoms with Crippen molar-refractivity contribution in [3.63, 3.8) is 0 Å². The maximum atomic E-state index is 6.27. The highest BCUT2D eigenvalue weighted by atomic mass is 28.3. The molecule has 52 heavy (non-hydrogen) atoms. The summed E-state index contributed by atoms with van der Waals surface area (Å²) in [5, 5.41) is 7.75. The van der Waals surface area contributed by atoms with Gasteiger partial charge in [-0.2, -0.15) is 0 Å². The first-order valence-corrected chi connectivity index (χ1v) is 19.9. The molecule has 0 spiro atoms. The summed E-state index contributed by atoms with van der Waals surface area (Å²) in [6.07, 6.45) is 3.86. The summed E-state index contributed by atoms with van der Waals surface area (Å²) in [5.41, 5.74) is 10.1. The van der Waals surface area contributed by atoms with Gasteiger partial charge in [-0.15, -0.1) is 0 Å². The molecule has 1 aliphatic rings. The second-order valence-electron chi connectivity index (χ2n) is 13.7. The van der Waals surface area contributed by atoms with Crippen LogP contribution in [0, 0.1) is 0 Å². The normalized spacial score (nSPS) is 12.5. The molecule has 2 aromatic heterocycles. The number of furan rings is 1. The van der Waals surface area contributed by atoms with Crippen LogP contribution in [0.2, 0.25) is 0 Å². The fraction of sp³-hybridized carbons (Fsp3) is 0.0417. The molecule has 246 valence electrons. The van der Waals surface area contributed by atoms with E-state index < -0.39 is 8.07 Å². The summed E-state index contributed by atoms with van der Waals surface area (Å²) in [6.45, 7) is 0. The van der Waals surface area contributed by atoms with E-state index in [1.807, 2.05) is 24.4 Å². The van der Waals surface area contributed by atoms with Crippen LogP contribution in [-0.4, -0.2) is 18.0 Å². The van der Waals surface area contributed by atoms with Crippen LogP contribution in [0.5, 0.6) is 0 Å². The van der Waals surface area contributed by atoms with Crippen molar-refractivity contribution in [1.82, 2.24) is 9.97 Å². The molecule has 0 atom stereocenters. The largest absolute Gasteiger partial charge is 0.456 e. The lowest BCUT2D eigenvalue weighted by Gasteiger charge is -2.34. The zero-order valence-electron chi connectivity index (χ0n) is 28.5. The van der Waals surface area contributed by atoms with Gasteiger partial charge in [0, 0.05) is 28.1 Å². The third-order valence-corrected chi connectivity index (χ3v) is 15.6. The van der Waals surface area contributed by atoms with Crippen molar-refractivity contribution in [1.29, 1.82) is 0 Å². The number of para-hydroxylation sites is 1. The maximum Gasteiger partial charge on any atom is 0.179 e. The zero-order chi connectivity index (χ0) is 34.5. The Morgan fingerprint density at radius 2 is 1.08 bits per heavy atom. The van der Waals surface area contributed by atoms with Crippen LogP contribution in [-0.2, 0) is 12.8 Å². The van der Waals surface area contributed by atoms with Crippen molar-refractivity contribution in [3.8, 4) is 33.8 Å². The predicted octanol–water partition coefficient (Wildman–Crippen LogP) is 8.85. The van der Waals surface area contributed by atoms with Crippen LogP contribution in [0.25, 0.3) is 55.7 Å². The Balaban J connectivity index is 1.06. The van der Waals surface area contributed by atoms with E-state index >= 15 is 0 Å². The van der Waals surface area contributed by atoms with Gasteiger partial charge in [0.1, 0.15) is 11.2 Å². The molecule has 0 radical (unpaired) electrons. The van der Waals surface area contributed by atoms with Gasteiger partial charge in [0.2, 0.25) is 0 Å². The van der Waals surface area contributed by atoms with Crippen LogP contribution in [0.15, 0.2) is 187 Å². The van der Waals surface area contributed by atoms with Crippen LogP contribution in [0.4, 0.5) is 0 Å². The van der Waals surface area contributed by atoms with Gasteiger partial charge in [0.15, 0.2) is 13.9 Å².